The van der Waals surface area contributed by atoms with Gasteiger partial charge < -0.3 is 5.32 Å². The third-order valence-electron chi connectivity index (χ3n) is 5.43. The first kappa shape index (κ1) is 16.8. The van der Waals surface area contributed by atoms with Gasteiger partial charge in [-0.2, -0.15) is 0 Å². The van der Waals surface area contributed by atoms with E-state index in [-0.39, 0.29) is 0 Å². The summed E-state index contributed by atoms with van der Waals surface area (Å²) in [4.78, 5) is 12.6. The van der Waals surface area contributed by atoms with Crippen LogP contribution in [-0.4, -0.2) is 11.9 Å². The minimum atomic E-state index is 0.302. The minimum absolute atomic E-state index is 0.302. The van der Waals surface area contributed by atoms with Crippen molar-refractivity contribution in [2.24, 2.45) is 5.92 Å². The summed E-state index contributed by atoms with van der Waals surface area (Å²) in [6.07, 6.45) is 20.7. The normalized spacial score (nSPS) is 24.8. The highest BCUT2D eigenvalue weighted by atomic mass is 16.1. The number of carbonyl (C=O) groups is 1. The predicted octanol–water partition coefficient (Wildman–Crippen LogP) is 5.36. The summed E-state index contributed by atoms with van der Waals surface area (Å²) in [7, 11) is 0. The summed E-state index contributed by atoms with van der Waals surface area (Å²) in [5.74, 6) is 0.678. The molecule has 2 saturated carbocycles. The fourth-order valence-electron chi connectivity index (χ4n) is 3.99. The molecule has 0 heterocycles. The van der Waals surface area contributed by atoms with Crippen LogP contribution in [0.25, 0.3) is 0 Å². The molecule has 0 atom stereocenters. The second kappa shape index (κ2) is 10.2. The lowest BCUT2D eigenvalue weighted by molar-refractivity contribution is -0.126. The van der Waals surface area contributed by atoms with Gasteiger partial charge in [-0.15, -0.1) is 0 Å². The van der Waals surface area contributed by atoms with Gasteiger partial charge in [-0.1, -0.05) is 77.0 Å². The van der Waals surface area contributed by atoms with Crippen molar-refractivity contribution in [3.05, 3.63) is 0 Å². The smallest absolute Gasteiger partial charge is 0.223 e. The number of nitrogens with one attached hydrogen (secondary N) is 1. The zero-order chi connectivity index (χ0) is 14.8. The van der Waals surface area contributed by atoms with E-state index in [0.717, 1.165) is 12.8 Å². The Balaban J connectivity index is 1.79. The van der Waals surface area contributed by atoms with Gasteiger partial charge in [-0.05, 0) is 25.7 Å². The third kappa shape index (κ3) is 6.84. The molecule has 2 rings (SSSR count). The number of carbonyl (C=O) groups excluding carboxylic acids is 1. The Kier molecular flexibility index (Phi) is 8.21. The lowest BCUT2D eigenvalue weighted by Crippen LogP contribution is -2.39. The highest BCUT2D eigenvalue weighted by Gasteiger charge is 2.21. The molecule has 1 N–H and O–H groups in total. The molecule has 2 nitrogen and oxygen atoms in total. The Hall–Kier alpha value is -0.530. The molecule has 122 valence electrons. The van der Waals surface area contributed by atoms with Crippen LogP contribution in [0.3, 0.4) is 0 Å². The summed E-state index contributed by atoms with van der Waals surface area (Å²) in [6.45, 7) is 0. The van der Waals surface area contributed by atoms with E-state index in [4.69, 9.17) is 0 Å². The van der Waals surface area contributed by atoms with Crippen molar-refractivity contribution < 1.29 is 4.79 Å². The van der Waals surface area contributed by atoms with Crippen LogP contribution in [-0.2, 0) is 4.79 Å². The monoisotopic (exact) mass is 293 g/mol. The SMILES string of the molecule is O=C(NC1CCCCCCCC1)C1CCCCCCCC1. The molecule has 2 fully saturated rings. The number of hydrogen-bond donors (Lipinski definition) is 1. The van der Waals surface area contributed by atoms with Crippen molar-refractivity contribution in [2.45, 2.75) is 109 Å². The molecule has 0 radical (unpaired) electrons. The molecule has 21 heavy (non-hydrogen) atoms. The van der Waals surface area contributed by atoms with Gasteiger partial charge in [0.05, 0.1) is 0 Å². The Bertz CT molecular complexity index is 269. The largest absolute Gasteiger partial charge is 0.353 e. The predicted molar refractivity (Wildman–Crippen MR) is 89.3 cm³/mol. The second-order valence-electron chi connectivity index (χ2n) is 7.30. The minimum Gasteiger partial charge on any atom is -0.353 e. The van der Waals surface area contributed by atoms with E-state index >= 15 is 0 Å². The summed E-state index contributed by atoms with van der Waals surface area (Å²) in [5, 5.41) is 3.41. The van der Waals surface area contributed by atoms with Crippen LogP contribution in [0, 0.1) is 5.92 Å². The Labute approximate surface area is 131 Å². The van der Waals surface area contributed by atoms with Crippen LogP contribution < -0.4 is 5.32 Å². The summed E-state index contributed by atoms with van der Waals surface area (Å²) >= 11 is 0. The van der Waals surface area contributed by atoms with Gasteiger partial charge in [0.2, 0.25) is 5.91 Å². The highest BCUT2D eigenvalue weighted by Crippen LogP contribution is 2.23. The van der Waals surface area contributed by atoms with E-state index in [1.54, 1.807) is 0 Å². The molecule has 0 unspecified atom stereocenters. The Morgan fingerprint density at radius 1 is 0.571 bits per heavy atom. The van der Waals surface area contributed by atoms with E-state index in [2.05, 4.69) is 5.32 Å². The van der Waals surface area contributed by atoms with Gasteiger partial charge in [0.1, 0.15) is 0 Å². The second-order valence-corrected chi connectivity index (χ2v) is 7.30. The van der Waals surface area contributed by atoms with E-state index in [1.165, 1.54) is 89.9 Å². The van der Waals surface area contributed by atoms with Gasteiger partial charge in [0.25, 0.3) is 0 Å². The average Bonchev–Trinajstić information content (AvgIpc) is 2.70. The fraction of sp³-hybridized carbons (Fsp3) is 0.947. The van der Waals surface area contributed by atoms with Gasteiger partial charge in [0.15, 0.2) is 0 Å². The van der Waals surface area contributed by atoms with Crippen molar-refractivity contribution in [2.75, 3.05) is 0 Å². The molecule has 0 spiro atoms. The van der Waals surface area contributed by atoms with E-state index < -0.39 is 0 Å². The summed E-state index contributed by atoms with van der Waals surface area (Å²) in [6, 6.07) is 0.461. The molecule has 0 aliphatic heterocycles. The zero-order valence-electron chi connectivity index (χ0n) is 13.9. The maximum Gasteiger partial charge on any atom is 0.223 e. The van der Waals surface area contributed by atoms with Crippen LogP contribution >= 0.6 is 0 Å². The number of amides is 1. The number of rotatable bonds is 2. The quantitative estimate of drug-likeness (QED) is 0.730. The average molecular weight is 293 g/mol. The number of hydrogen-bond acceptors (Lipinski definition) is 1. The van der Waals surface area contributed by atoms with E-state index in [1.807, 2.05) is 0 Å². The van der Waals surface area contributed by atoms with Gasteiger partial charge in [-0.25, -0.2) is 0 Å². The maximum atomic E-state index is 12.6. The third-order valence-corrected chi connectivity index (χ3v) is 5.43. The molecular formula is C19H35NO. The van der Waals surface area contributed by atoms with Crippen molar-refractivity contribution in [1.29, 1.82) is 0 Å². The lowest BCUT2D eigenvalue weighted by atomic mass is 9.95. The Morgan fingerprint density at radius 2 is 0.952 bits per heavy atom. The van der Waals surface area contributed by atoms with E-state index in [9.17, 15) is 4.79 Å². The van der Waals surface area contributed by atoms with Crippen molar-refractivity contribution in [3.8, 4) is 0 Å². The first-order chi connectivity index (χ1) is 10.4. The van der Waals surface area contributed by atoms with Gasteiger partial charge >= 0.3 is 0 Å². The maximum absolute atomic E-state index is 12.6. The molecule has 0 saturated heterocycles. The van der Waals surface area contributed by atoms with Gasteiger partial charge in [0, 0.05) is 12.0 Å². The van der Waals surface area contributed by atoms with Crippen LogP contribution in [0.2, 0.25) is 0 Å². The van der Waals surface area contributed by atoms with Crippen LogP contribution in [0.5, 0.6) is 0 Å². The molecule has 2 aliphatic carbocycles. The fourth-order valence-corrected chi connectivity index (χ4v) is 3.99. The lowest BCUT2D eigenvalue weighted by Gasteiger charge is -2.22. The van der Waals surface area contributed by atoms with Gasteiger partial charge in [-0.3, -0.25) is 4.79 Å². The molecule has 0 aromatic heterocycles. The van der Waals surface area contributed by atoms with E-state index in [0.29, 0.717) is 17.9 Å². The zero-order valence-corrected chi connectivity index (χ0v) is 13.9. The van der Waals surface area contributed by atoms with Crippen LogP contribution in [0.15, 0.2) is 0 Å². The topological polar surface area (TPSA) is 29.1 Å². The Morgan fingerprint density at radius 3 is 1.43 bits per heavy atom. The van der Waals surface area contributed by atoms with Crippen molar-refractivity contribution in [3.63, 3.8) is 0 Å². The van der Waals surface area contributed by atoms with Crippen molar-refractivity contribution in [1.82, 2.24) is 5.32 Å². The molecule has 0 aromatic carbocycles. The van der Waals surface area contributed by atoms with Crippen LogP contribution in [0.4, 0.5) is 0 Å². The molecule has 2 aliphatic rings. The molecular weight excluding hydrogens is 258 g/mol. The first-order valence-corrected chi connectivity index (χ1v) is 9.66. The molecule has 1 amide bonds. The van der Waals surface area contributed by atoms with Crippen molar-refractivity contribution >= 4 is 5.91 Å². The summed E-state index contributed by atoms with van der Waals surface area (Å²) in [5.41, 5.74) is 0. The standard InChI is InChI=1S/C19H35NO/c21-19(17-13-9-5-1-2-6-10-14-17)20-18-15-11-7-3-4-8-12-16-18/h17-18H,1-16H2,(H,20,21). The summed E-state index contributed by atoms with van der Waals surface area (Å²) < 4.78 is 0. The molecule has 0 aromatic rings. The first-order valence-electron chi connectivity index (χ1n) is 9.66. The van der Waals surface area contributed by atoms with Crippen LogP contribution in [0.1, 0.15) is 103 Å². The highest BCUT2D eigenvalue weighted by molar-refractivity contribution is 5.78. The molecule has 0 bridgehead atoms. The molecule has 2 heteroatoms.